The van der Waals surface area contributed by atoms with E-state index in [1.807, 2.05) is 25.1 Å². The summed E-state index contributed by atoms with van der Waals surface area (Å²) in [5, 5.41) is 8.45. The minimum absolute atomic E-state index is 0.170. The lowest BCUT2D eigenvalue weighted by Crippen LogP contribution is -2.27. The van der Waals surface area contributed by atoms with Crippen LogP contribution < -0.4 is 20.7 Å². The lowest BCUT2D eigenvalue weighted by Gasteiger charge is -2.11. The van der Waals surface area contributed by atoms with Crippen LogP contribution >= 0.6 is 0 Å². The minimum atomic E-state index is -0.484. The number of methoxy groups -OCH3 is 1. The summed E-state index contributed by atoms with van der Waals surface area (Å²) in [6.07, 6.45) is 1.23. The minimum Gasteiger partial charge on any atom is -0.481 e. The molecule has 0 radical (unpaired) electrons. The van der Waals surface area contributed by atoms with Gasteiger partial charge in [-0.15, -0.1) is 0 Å². The van der Waals surface area contributed by atoms with Gasteiger partial charge < -0.3 is 39.6 Å². The third-order valence-electron chi connectivity index (χ3n) is 4.66. The Morgan fingerprint density at radius 2 is 1.54 bits per heavy atom. The third kappa shape index (κ3) is 11.0. The van der Waals surface area contributed by atoms with Crippen molar-refractivity contribution in [1.29, 1.82) is 0 Å². The SMILES string of the molecule is CNC(=O)OCCOCCOCCOCCNC(=O)c1ccc(Nc2cnc(OC)cc2C)cc1. The fourth-order valence-corrected chi connectivity index (χ4v) is 2.78. The number of pyridine rings is 1. The summed E-state index contributed by atoms with van der Waals surface area (Å²) in [5.74, 6) is 0.389. The number of amides is 2. The molecule has 0 bridgehead atoms. The van der Waals surface area contributed by atoms with Crippen molar-refractivity contribution >= 4 is 23.4 Å². The normalized spacial score (nSPS) is 10.5. The maximum absolute atomic E-state index is 12.3. The predicted octanol–water partition coefficient (Wildman–Crippen LogP) is 2.28. The molecule has 35 heavy (non-hydrogen) atoms. The number of rotatable bonds is 16. The van der Waals surface area contributed by atoms with Gasteiger partial charge in [-0.2, -0.15) is 0 Å². The zero-order valence-corrected chi connectivity index (χ0v) is 20.4. The van der Waals surface area contributed by atoms with Gasteiger partial charge in [0.1, 0.15) is 6.61 Å². The van der Waals surface area contributed by atoms with Crippen LogP contribution in [0.5, 0.6) is 5.88 Å². The van der Waals surface area contributed by atoms with Crippen molar-refractivity contribution in [1.82, 2.24) is 15.6 Å². The Kier molecular flexibility index (Phi) is 12.9. The highest BCUT2D eigenvalue weighted by Crippen LogP contribution is 2.22. The van der Waals surface area contributed by atoms with Gasteiger partial charge in [0.2, 0.25) is 5.88 Å². The first-order valence-corrected chi connectivity index (χ1v) is 11.3. The second kappa shape index (κ2) is 16.3. The smallest absolute Gasteiger partial charge is 0.406 e. The zero-order chi connectivity index (χ0) is 25.3. The summed E-state index contributed by atoms with van der Waals surface area (Å²) in [4.78, 5) is 27.3. The number of hydrogen-bond acceptors (Lipinski definition) is 9. The second-order valence-corrected chi connectivity index (χ2v) is 7.22. The summed E-state index contributed by atoms with van der Waals surface area (Å²) in [6, 6.07) is 9.04. The number of aromatic nitrogens is 1. The van der Waals surface area contributed by atoms with Crippen molar-refractivity contribution in [3.8, 4) is 5.88 Å². The molecule has 0 aliphatic heterocycles. The number of anilines is 2. The molecule has 1 aromatic carbocycles. The summed E-state index contributed by atoms with van der Waals surface area (Å²) in [6.45, 7) is 4.89. The molecule has 0 atom stereocenters. The molecule has 0 unspecified atom stereocenters. The first-order chi connectivity index (χ1) is 17.0. The maximum atomic E-state index is 12.3. The molecule has 11 heteroatoms. The summed E-state index contributed by atoms with van der Waals surface area (Å²) in [7, 11) is 3.07. The van der Waals surface area contributed by atoms with Gasteiger partial charge >= 0.3 is 6.09 Å². The van der Waals surface area contributed by atoms with Gasteiger partial charge in [0, 0.05) is 30.9 Å². The molecule has 1 aromatic heterocycles. The van der Waals surface area contributed by atoms with Crippen LogP contribution in [0.15, 0.2) is 36.5 Å². The molecular weight excluding hydrogens is 456 g/mol. The third-order valence-corrected chi connectivity index (χ3v) is 4.66. The molecule has 0 spiro atoms. The van der Waals surface area contributed by atoms with E-state index in [9.17, 15) is 9.59 Å². The van der Waals surface area contributed by atoms with E-state index >= 15 is 0 Å². The Bertz CT molecular complexity index is 909. The van der Waals surface area contributed by atoms with E-state index in [0.29, 0.717) is 57.6 Å². The largest absolute Gasteiger partial charge is 0.481 e. The highest BCUT2D eigenvalue weighted by molar-refractivity contribution is 5.94. The second-order valence-electron chi connectivity index (χ2n) is 7.22. The Balaban J connectivity index is 1.52. The monoisotopic (exact) mass is 490 g/mol. The van der Waals surface area contributed by atoms with Crippen LogP contribution in [-0.2, 0) is 18.9 Å². The van der Waals surface area contributed by atoms with Crippen LogP contribution in [0.2, 0.25) is 0 Å². The average Bonchev–Trinajstić information content (AvgIpc) is 2.88. The number of ether oxygens (including phenoxy) is 5. The molecule has 0 saturated carbocycles. The highest BCUT2D eigenvalue weighted by atomic mass is 16.6. The molecule has 0 saturated heterocycles. The molecule has 0 fully saturated rings. The Morgan fingerprint density at radius 3 is 2.14 bits per heavy atom. The highest BCUT2D eigenvalue weighted by Gasteiger charge is 2.06. The van der Waals surface area contributed by atoms with Gasteiger partial charge in [0.15, 0.2) is 0 Å². The molecule has 0 aliphatic rings. The lowest BCUT2D eigenvalue weighted by atomic mass is 10.2. The topological polar surface area (TPSA) is 129 Å². The number of hydrogen-bond donors (Lipinski definition) is 3. The number of nitrogens with one attached hydrogen (secondary N) is 3. The molecule has 1 heterocycles. The molecule has 3 N–H and O–H groups in total. The number of alkyl carbamates (subject to hydrolysis) is 1. The van der Waals surface area contributed by atoms with E-state index in [2.05, 4.69) is 20.9 Å². The van der Waals surface area contributed by atoms with Crippen LogP contribution in [0.25, 0.3) is 0 Å². The van der Waals surface area contributed by atoms with Gasteiger partial charge in [-0.1, -0.05) is 0 Å². The van der Waals surface area contributed by atoms with E-state index in [-0.39, 0.29) is 12.5 Å². The molecule has 2 rings (SSSR count). The molecular formula is C24H34N4O7. The Morgan fingerprint density at radius 1 is 0.914 bits per heavy atom. The van der Waals surface area contributed by atoms with Gasteiger partial charge in [-0.05, 0) is 36.8 Å². The molecule has 2 amide bonds. The maximum Gasteiger partial charge on any atom is 0.406 e. The van der Waals surface area contributed by atoms with Gasteiger partial charge in [-0.25, -0.2) is 9.78 Å². The average molecular weight is 491 g/mol. The van der Waals surface area contributed by atoms with Crippen LogP contribution in [0.4, 0.5) is 16.2 Å². The zero-order valence-electron chi connectivity index (χ0n) is 20.4. The fraction of sp³-hybridized carbons (Fsp3) is 0.458. The lowest BCUT2D eigenvalue weighted by molar-refractivity contribution is 0.00631. The first-order valence-electron chi connectivity index (χ1n) is 11.3. The summed E-state index contributed by atoms with van der Waals surface area (Å²) in [5.41, 5.74) is 3.28. The first kappa shape index (κ1) is 27.8. The van der Waals surface area contributed by atoms with Crippen LogP contribution in [0.1, 0.15) is 15.9 Å². The van der Waals surface area contributed by atoms with Gasteiger partial charge in [0.05, 0.1) is 58.6 Å². The fourth-order valence-electron chi connectivity index (χ4n) is 2.78. The van der Waals surface area contributed by atoms with E-state index < -0.39 is 6.09 Å². The number of nitrogens with zero attached hydrogens (tertiary/aromatic N) is 1. The van der Waals surface area contributed by atoms with Crippen LogP contribution in [-0.4, -0.2) is 83.9 Å². The number of carbonyl (C=O) groups is 2. The molecule has 0 aliphatic carbocycles. The number of aryl methyl sites for hydroxylation is 1. The Labute approximate surface area is 205 Å². The summed E-state index contributed by atoms with van der Waals surface area (Å²) < 4.78 is 26.0. The van der Waals surface area contributed by atoms with Crippen molar-refractivity contribution in [2.24, 2.45) is 0 Å². The van der Waals surface area contributed by atoms with Crippen LogP contribution in [0.3, 0.4) is 0 Å². The van der Waals surface area contributed by atoms with E-state index in [0.717, 1.165) is 16.9 Å². The van der Waals surface area contributed by atoms with E-state index in [1.54, 1.807) is 25.4 Å². The molecule has 192 valence electrons. The molecule has 2 aromatic rings. The van der Waals surface area contributed by atoms with E-state index in [4.69, 9.17) is 23.7 Å². The predicted molar refractivity (Wildman–Crippen MR) is 130 cm³/mol. The summed E-state index contributed by atoms with van der Waals surface area (Å²) >= 11 is 0. The van der Waals surface area contributed by atoms with E-state index in [1.165, 1.54) is 7.05 Å². The van der Waals surface area contributed by atoms with Gasteiger partial charge in [0.25, 0.3) is 5.91 Å². The Hall–Kier alpha value is -3.41. The van der Waals surface area contributed by atoms with Crippen molar-refractivity contribution < 1.29 is 33.3 Å². The van der Waals surface area contributed by atoms with Gasteiger partial charge in [-0.3, -0.25) is 4.79 Å². The number of carbonyl (C=O) groups excluding carboxylic acids is 2. The van der Waals surface area contributed by atoms with Crippen molar-refractivity contribution in [3.63, 3.8) is 0 Å². The van der Waals surface area contributed by atoms with Crippen molar-refractivity contribution in [2.75, 3.05) is 72.3 Å². The quantitative estimate of drug-likeness (QED) is 0.304. The van der Waals surface area contributed by atoms with Crippen LogP contribution in [0, 0.1) is 6.92 Å². The number of benzene rings is 1. The standard InChI is InChI=1S/C24H34N4O7/c1-18-16-22(31-3)27-17-21(18)28-20-6-4-19(5-7-20)23(29)26-8-9-32-10-11-33-12-13-34-14-15-35-24(30)25-2/h4-7,16-17,28H,8-15H2,1-3H3,(H,25,30)(H,26,29). The molecule has 11 nitrogen and oxygen atoms in total. The van der Waals surface area contributed by atoms with Crippen molar-refractivity contribution in [3.05, 3.63) is 47.7 Å². The van der Waals surface area contributed by atoms with Crippen molar-refractivity contribution in [2.45, 2.75) is 6.92 Å².